The first-order valence-electron chi connectivity index (χ1n) is 8.95. The van der Waals surface area contributed by atoms with E-state index >= 15 is 0 Å². The summed E-state index contributed by atoms with van der Waals surface area (Å²) in [6, 6.07) is 12.8. The Bertz CT molecular complexity index is 671. The Hall–Kier alpha value is -2.23. The molecule has 0 spiro atoms. The molecule has 128 valence electrons. The summed E-state index contributed by atoms with van der Waals surface area (Å²) in [4.78, 5) is 12.1. The fourth-order valence-electron chi connectivity index (χ4n) is 3.39. The van der Waals surface area contributed by atoms with Gasteiger partial charge in [0.25, 0.3) is 0 Å². The lowest BCUT2D eigenvalue weighted by Crippen LogP contribution is -2.42. The third-order valence-electron chi connectivity index (χ3n) is 4.90. The number of amides is 2. The highest BCUT2D eigenvalue weighted by molar-refractivity contribution is 5.74. The molecular weight excluding hydrogens is 298 g/mol. The molecule has 0 unspecified atom stereocenters. The number of rotatable bonds is 5. The van der Waals surface area contributed by atoms with Crippen molar-refractivity contribution in [2.24, 2.45) is 0 Å². The van der Waals surface area contributed by atoms with E-state index in [-0.39, 0.29) is 6.03 Å². The number of aromatic nitrogens is 1. The molecule has 4 nitrogen and oxygen atoms in total. The largest absolute Gasteiger partial charge is 0.345 e. The molecule has 2 N–H and O–H groups in total. The molecule has 1 saturated carbocycles. The second-order valence-corrected chi connectivity index (χ2v) is 6.72. The summed E-state index contributed by atoms with van der Waals surface area (Å²) in [5.41, 5.74) is 3.72. The Morgan fingerprint density at radius 3 is 2.71 bits per heavy atom. The summed E-state index contributed by atoms with van der Waals surface area (Å²) in [6.07, 6.45) is 8.04. The van der Waals surface area contributed by atoms with Crippen LogP contribution < -0.4 is 10.6 Å². The molecule has 1 aliphatic rings. The van der Waals surface area contributed by atoms with Gasteiger partial charge in [-0.3, -0.25) is 0 Å². The van der Waals surface area contributed by atoms with Gasteiger partial charge in [-0.2, -0.15) is 0 Å². The third kappa shape index (κ3) is 4.40. The molecule has 1 aromatic heterocycles. The van der Waals surface area contributed by atoms with Crippen LogP contribution in [0.1, 0.15) is 48.9 Å². The van der Waals surface area contributed by atoms with Crippen LogP contribution in [0, 0.1) is 6.92 Å². The molecule has 2 amide bonds. The normalized spacial score (nSPS) is 15.2. The first-order valence-corrected chi connectivity index (χ1v) is 8.95. The zero-order chi connectivity index (χ0) is 16.8. The summed E-state index contributed by atoms with van der Waals surface area (Å²) >= 11 is 0. The standard InChI is InChI=1S/C20H27N3O/c1-16-8-5-6-9-17(16)15-23-13-7-12-19(23)14-21-20(24)22-18-10-3-2-4-11-18/h5-9,12-13,18H,2-4,10-11,14-15H2,1H3,(H2,21,22,24). The van der Waals surface area contributed by atoms with E-state index in [1.165, 1.54) is 30.4 Å². The maximum Gasteiger partial charge on any atom is 0.315 e. The van der Waals surface area contributed by atoms with Gasteiger partial charge in [-0.1, -0.05) is 43.5 Å². The number of carbonyl (C=O) groups excluding carboxylic acids is 1. The van der Waals surface area contributed by atoms with Gasteiger partial charge < -0.3 is 15.2 Å². The lowest BCUT2D eigenvalue weighted by Gasteiger charge is -2.23. The molecule has 0 aliphatic heterocycles. The molecule has 1 aliphatic carbocycles. The molecule has 1 aromatic carbocycles. The topological polar surface area (TPSA) is 46.1 Å². The zero-order valence-electron chi connectivity index (χ0n) is 14.4. The van der Waals surface area contributed by atoms with Gasteiger partial charge in [0.1, 0.15) is 0 Å². The van der Waals surface area contributed by atoms with E-state index in [2.05, 4.69) is 58.7 Å². The zero-order valence-corrected chi connectivity index (χ0v) is 14.4. The van der Waals surface area contributed by atoms with Crippen molar-refractivity contribution in [3.05, 3.63) is 59.4 Å². The van der Waals surface area contributed by atoms with Crippen LogP contribution in [0.5, 0.6) is 0 Å². The van der Waals surface area contributed by atoms with E-state index in [0.717, 1.165) is 25.1 Å². The maximum atomic E-state index is 12.1. The van der Waals surface area contributed by atoms with Crippen LogP contribution in [-0.4, -0.2) is 16.6 Å². The lowest BCUT2D eigenvalue weighted by atomic mass is 9.96. The van der Waals surface area contributed by atoms with Crippen LogP contribution in [0.2, 0.25) is 0 Å². The molecule has 0 saturated heterocycles. The average Bonchev–Trinajstić information content (AvgIpc) is 3.03. The quantitative estimate of drug-likeness (QED) is 0.858. The van der Waals surface area contributed by atoms with E-state index in [1.807, 2.05) is 6.07 Å². The fourth-order valence-corrected chi connectivity index (χ4v) is 3.39. The number of benzene rings is 1. The predicted molar refractivity (Wildman–Crippen MR) is 97.0 cm³/mol. The number of hydrogen-bond acceptors (Lipinski definition) is 1. The van der Waals surface area contributed by atoms with Crippen molar-refractivity contribution in [2.45, 2.75) is 58.2 Å². The highest BCUT2D eigenvalue weighted by Gasteiger charge is 2.15. The van der Waals surface area contributed by atoms with Gasteiger partial charge in [-0.25, -0.2) is 4.79 Å². The first kappa shape index (κ1) is 16.6. The summed E-state index contributed by atoms with van der Waals surface area (Å²) in [6.45, 7) is 3.52. The summed E-state index contributed by atoms with van der Waals surface area (Å²) in [5.74, 6) is 0. The van der Waals surface area contributed by atoms with Crippen LogP contribution in [0.25, 0.3) is 0 Å². The summed E-state index contributed by atoms with van der Waals surface area (Å²) in [7, 11) is 0. The minimum Gasteiger partial charge on any atom is -0.345 e. The Balaban J connectivity index is 1.53. The predicted octanol–water partition coefficient (Wildman–Crippen LogP) is 3.98. The summed E-state index contributed by atoms with van der Waals surface area (Å²) < 4.78 is 2.20. The van der Waals surface area contributed by atoms with Crippen molar-refractivity contribution >= 4 is 6.03 Å². The number of nitrogens with one attached hydrogen (secondary N) is 2. The average molecular weight is 325 g/mol. The highest BCUT2D eigenvalue weighted by Crippen LogP contribution is 2.17. The van der Waals surface area contributed by atoms with Crippen molar-refractivity contribution in [3.8, 4) is 0 Å². The van der Waals surface area contributed by atoms with Crippen LogP contribution in [-0.2, 0) is 13.1 Å². The molecule has 1 heterocycles. The minimum absolute atomic E-state index is 0.0504. The molecule has 3 rings (SSSR count). The Kier molecular flexibility index (Phi) is 5.57. The van der Waals surface area contributed by atoms with E-state index in [9.17, 15) is 4.79 Å². The molecule has 4 heteroatoms. The molecule has 0 atom stereocenters. The van der Waals surface area contributed by atoms with Gasteiger partial charge in [0.2, 0.25) is 0 Å². The molecule has 1 fully saturated rings. The summed E-state index contributed by atoms with van der Waals surface area (Å²) in [5, 5.41) is 6.10. The smallest absolute Gasteiger partial charge is 0.315 e. The van der Waals surface area contributed by atoms with Gasteiger partial charge in [-0.15, -0.1) is 0 Å². The molecular formula is C20H27N3O. The number of urea groups is 1. The number of hydrogen-bond donors (Lipinski definition) is 2. The third-order valence-corrected chi connectivity index (χ3v) is 4.90. The van der Waals surface area contributed by atoms with E-state index in [1.54, 1.807) is 0 Å². The van der Waals surface area contributed by atoms with Crippen molar-refractivity contribution in [1.29, 1.82) is 0 Å². The second kappa shape index (κ2) is 8.04. The monoisotopic (exact) mass is 325 g/mol. The van der Waals surface area contributed by atoms with Gasteiger partial charge >= 0.3 is 6.03 Å². The van der Waals surface area contributed by atoms with Crippen molar-refractivity contribution in [1.82, 2.24) is 15.2 Å². The van der Waals surface area contributed by atoms with Gasteiger partial charge in [0.15, 0.2) is 0 Å². The van der Waals surface area contributed by atoms with Gasteiger partial charge in [0, 0.05) is 24.5 Å². The van der Waals surface area contributed by atoms with Crippen molar-refractivity contribution in [2.75, 3.05) is 0 Å². The molecule has 0 bridgehead atoms. The molecule has 0 radical (unpaired) electrons. The highest BCUT2D eigenvalue weighted by atomic mass is 16.2. The van der Waals surface area contributed by atoms with E-state index in [0.29, 0.717) is 12.6 Å². The molecule has 2 aromatic rings. The number of carbonyl (C=O) groups is 1. The van der Waals surface area contributed by atoms with Crippen molar-refractivity contribution < 1.29 is 4.79 Å². The van der Waals surface area contributed by atoms with Gasteiger partial charge in [-0.05, 0) is 43.0 Å². The minimum atomic E-state index is -0.0504. The van der Waals surface area contributed by atoms with Gasteiger partial charge in [0.05, 0.1) is 6.54 Å². The Morgan fingerprint density at radius 2 is 1.92 bits per heavy atom. The lowest BCUT2D eigenvalue weighted by molar-refractivity contribution is 0.232. The van der Waals surface area contributed by atoms with Crippen LogP contribution >= 0.6 is 0 Å². The fraction of sp³-hybridized carbons (Fsp3) is 0.450. The first-order chi connectivity index (χ1) is 11.7. The van der Waals surface area contributed by atoms with Crippen LogP contribution in [0.3, 0.4) is 0 Å². The SMILES string of the molecule is Cc1ccccc1Cn1cccc1CNC(=O)NC1CCCCC1. The second-order valence-electron chi connectivity index (χ2n) is 6.72. The Morgan fingerprint density at radius 1 is 1.12 bits per heavy atom. The number of nitrogens with zero attached hydrogens (tertiary/aromatic N) is 1. The van der Waals surface area contributed by atoms with Crippen LogP contribution in [0.15, 0.2) is 42.6 Å². The van der Waals surface area contributed by atoms with E-state index in [4.69, 9.17) is 0 Å². The molecule has 24 heavy (non-hydrogen) atoms. The van der Waals surface area contributed by atoms with Crippen LogP contribution in [0.4, 0.5) is 4.79 Å². The number of aryl methyl sites for hydroxylation is 1. The van der Waals surface area contributed by atoms with E-state index < -0.39 is 0 Å². The maximum absolute atomic E-state index is 12.1. The Labute approximate surface area is 144 Å². The van der Waals surface area contributed by atoms with Crippen molar-refractivity contribution in [3.63, 3.8) is 0 Å².